The number of rotatable bonds is 0. The zero-order chi connectivity index (χ0) is 9.60. The predicted octanol–water partition coefficient (Wildman–Crippen LogP) is 1.30. The Bertz CT molecular complexity index is 223. The van der Waals surface area contributed by atoms with Crippen LogP contribution in [-0.4, -0.2) is 30.2 Å². The van der Waals surface area contributed by atoms with E-state index in [0.717, 1.165) is 38.9 Å². The van der Waals surface area contributed by atoms with Gasteiger partial charge in [-0.2, -0.15) is 0 Å². The van der Waals surface area contributed by atoms with E-state index < -0.39 is 0 Å². The van der Waals surface area contributed by atoms with Gasteiger partial charge in [-0.3, -0.25) is 0 Å². The summed E-state index contributed by atoms with van der Waals surface area (Å²) in [5.41, 5.74) is 0. The molecule has 80 valence electrons. The summed E-state index contributed by atoms with van der Waals surface area (Å²) >= 11 is 0. The van der Waals surface area contributed by atoms with Crippen LogP contribution in [0.5, 0.6) is 0 Å². The van der Waals surface area contributed by atoms with Crippen LogP contribution in [0.25, 0.3) is 0 Å². The first-order valence-corrected chi connectivity index (χ1v) is 5.76. The van der Waals surface area contributed by atoms with E-state index in [1.807, 2.05) is 0 Å². The van der Waals surface area contributed by atoms with Crippen LogP contribution in [0, 0.1) is 11.8 Å². The van der Waals surface area contributed by atoms with E-state index >= 15 is 0 Å². The first-order valence-electron chi connectivity index (χ1n) is 5.76. The Hall–Kier alpha value is -0.120. The van der Waals surface area contributed by atoms with Gasteiger partial charge in [0.05, 0.1) is 19.3 Å². The van der Waals surface area contributed by atoms with Crippen molar-refractivity contribution in [2.45, 2.75) is 44.0 Å². The Kier molecular flexibility index (Phi) is 2.08. The van der Waals surface area contributed by atoms with Crippen molar-refractivity contribution in [1.82, 2.24) is 0 Å². The molecule has 4 rings (SSSR count). The monoisotopic (exact) mass is 198 g/mol. The molecule has 1 aliphatic heterocycles. The number of hydrogen-bond donors (Lipinski definition) is 1. The molecule has 3 unspecified atom stereocenters. The molecule has 0 aromatic heterocycles. The van der Waals surface area contributed by atoms with Crippen molar-refractivity contribution in [3.05, 3.63) is 0 Å². The third-order valence-electron chi connectivity index (χ3n) is 4.22. The third-order valence-corrected chi connectivity index (χ3v) is 4.22. The number of hydrogen-bond acceptors (Lipinski definition) is 3. The molecule has 4 aliphatic rings. The first kappa shape index (κ1) is 9.13. The van der Waals surface area contributed by atoms with Gasteiger partial charge in [-0.1, -0.05) is 0 Å². The highest BCUT2D eigenvalue weighted by atomic mass is 16.7. The van der Waals surface area contributed by atoms with Crippen LogP contribution in [0.1, 0.15) is 32.1 Å². The van der Waals surface area contributed by atoms with Crippen LogP contribution in [0.3, 0.4) is 0 Å². The minimum Gasteiger partial charge on any atom is -0.393 e. The van der Waals surface area contributed by atoms with Gasteiger partial charge in [-0.25, -0.2) is 0 Å². The largest absolute Gasteiger partial charge is 0.393 e. The topological polar surface area (TPSA) is 38.7 Å². The molecule has 2 bridgehead atoms. The van der Waals surface area contributed by atoms with Crippen molar-refractivity contribution in [3.63, 3.8) is 0 Å². The minimum absolute atomic E-state index is 0.110. The zero-order valence-electron chi connectivity index (χ0n) is 8.45. The normalized spacial score (nSPS) is 45.6. The minimum atomic E-state index is -0.313. The molecule has 1 N–H and O–H groups in total. The maximum atomic E-state index is 9.91. The van der Waals surface area contributed by atoms with Crippen molar-refractivity contribution in [3.8, 4) is 0 Å². The van der Waals surface area contributed by atoms with E-state index in [-0.39, 0.29) is 11.9 Å². The van der Waals surface area contributed by atoms with Gasteiger partial charge in [0.2, 0.25) is 0 Å². The van der Waals surface area contributed by atoms with Gasteiger partial charge in [0.15, 0.2) is 5.79 Å². The molecular formula is C11H18O3. The summed E-state index contributed by atoms with van der Waals surface area (Å²) in [7, 11) is 0. The highest BCUT2D eigenvalue weighted by Crippen LogP contribution is 2.48. The van der Waals surface area contributed by atoms with E-state index in [4.69, 9.17) is 9.47 Å². The average Bonchev–Trinajstić information content (AvgIpc) is 2.54. The van der Waals surface area contributed by atoms with Crippen LogP contribution in [-0.2, 0) is 9.47 Å². The van der Waals surface area contributed by atoms with Crippen LogP contribution in [0.15, 0.2) is 0 Å². The third kappa shape index (κ3) is 1.23. The Morgan fingerprint density at radius 1 is 1.07 bits per heavy atom. The second kappa shape index (κ2) is 3.19. The van der Waals surface area contributed by atoms with E-state index in [1.54, 1.807) is 0 Å². The van der Waals surface area contributed by atoms with Gasteiger partial charge in [0.1, 0.15) is 0 Å². The summed E-state index contributed by atoms with van der Waals surface area (Å²) in [6, 6.07) is 0. The predicted molar refractivity (Wildman–Crippen MR) is 50.7 cm³/mol. The van der Waals surface area contributed by atoms with Gasteiger partial charge >= 0.3 is 0 Å². The molecular weight excluding hydrogens is 180 g/mol. The molecule has 14 heavy (non-hydrogen) atoms. The fourth-order valence-corrected chi connectivity index (χ4v) is 3.39. The molecule has 0 radical (unpaired) electrons. The van der Waals surface area contributed by atoms with Crippen molar-refractivity contribution in [2.24, 2.45) is 11.8 Å². The van der Waals surface area contributed by atoms with Crippen LogP contribution in [0.4, 0.5) is 0 Å². The lowest BCUT2D eigenvalue weighted by molar-refractivity contribution is -0.202. The Morgan fingerprint density at radius 2 is 1.86 bits per heavy atom. The Labute approximate surface area is 84.4 Å². The molecule has 3 nitrogen and oxygen atoms in total. The lowest BCUT2D eigenvalue weighted by atomic mass is 9.80. The van der Waals surface area contributed by atoms with E-state index in [9.17, 15) is 5.11 Å². The maximum absolute atomic E-state index is 9.91. The number of aliphatic hydroxyl groups is 1. The SMILES string of the molecule is OC1CC2CCC1CCC21OCCO1. The van der Waals surface area contributed by atoms with Crippen molar-refractivity contribution in [1.29, 1.82) is 0 Å². The lowest BCUT2D eigenvalue weighted by Gasteiger charge is -2.36. The number of ether oxygens (including phenoxy) is 2. The Balaban J connectivity index is 1.87. The fourth-order valence-electron chi connectivity index (χ4n) is 3.39. The summed E-state index contributed by atoms with van der Waals surface area (Å²) in [6.07, 6.45) is 5.14. The van der Waals surface area contributed by atoms with Crippen LogP contribution >= 0.6 is 0 Å². The molecule has 3 aliphatic carbocycles. The zero-order valence-corrected chi connectivity index (χ0v) is 8.45. The van der Waals surface area contributed by atoms with E-state index in [2.05, 4.69) is 0 Å². The molecule has 0 amide bonds. The highest BCUT2D eigenvalue weighted by molar-refractivity contribution is 4.94. The van der Waals surface area contributed by atoms with Gasteiger partial charge < -0.3 is 14.6 Å². The van der Waals surface area contributed by atoms with Gasteiger partial charge in [-0.05, 0) is 31.6 Å². The lowest BCUT2D eigenvalue weighted by Crippen LogP contribution is -2.40. The van der Waals surface area contributed by atoms with Crippen molar-refractivity contribution >= 4 is 0 Å². The summed E-state index contributed by atoms with van der Waals surface area (Å²) < 4.78 is 11.6. The highest BCUT2D eigenvalue weighted by Gasteiger charge is 2.50. The molecule has 0 aromatic carbocycles. The molecule has 1 heterocycles. The molecule has 4 fully saturated rings. The fraction of sp³-hybridized carbons (Fsp3) is 1.00. The first-order chi connectivity index (χ1) is 6.80. The smallest absolute Gasteiger partial charge is 0.171 e. The van der Waals surface area contributed by atoms with Crippen molar-refractivity contribution < 1.29 is 14.6 Å². The summed E-state index contributed by atoms with van der Waals surface area (Å²) in [5, 5.41) is 9.91. The second-order valence-corrected chi connectivity index (χ2v) is 4.88. The van der Waals surface area contributed by atoms with Crippen LogP contribution in [0.2, 0.25) is 0 Å². The van der Waals surface area contributed by atoms with Gasteiger partial charge in [0, 0.05) is 12.3 Å². The van der Waals surface area contributed by atoms with E-state index in [0.29, 0.717) is 11.8 Å². The van der Waals surface area contributed by atoms with E-state index in [1.165, 1.54) is 6.42 Å². The molecule has 0 aromatic rings. The molecule has 3 heteroatoms. The number of fused-ring (bicyclic) bond motifs is 3. The number of aliphatic hydroxyl groups excluding tert-OH is 1. The molecule has 3 saturated carbocycles. The molecule has 3 atom stereocenters. The quantitative estimate of drug-likeness (QED) is 0.637. The summed E-state index contributed by atoms with van der Waals surface area (Å²) in [6.45, 7) is 1.47. The molecule has 1 saturated heterocycles. The standard InChI is InChI=1S/C11H18O3/c12-10-7-9-2-1-8(10)3-4-11(9)13-5-6-14-11/h8-10,12H,1-7H2. The Morgan fingerprint density at radius 3 is 2.57 bits per heavy atom. The summed E-state index contributed by atoms with van der Waals surface area (Å²) in [4.78, 5) is 0. The van der Waals surface area contributed by atoms with Crippen LogP contribution < -0.4 is 0 Å². The van der Waals surface area contributed by atoms with Gasteiger partial charge in [0.25, 0.3) is 0 Å². The maximum Gasteiger partial charge on any atom is 0.171 e. The molecule has 1 spiro atoms. The second-order valence-electron chi connectivity index (χ2n) is 4.88. The summed E-state index contributed by atoms with van der Waals surface area (Å²) in [5.74, 6) is 0.615. The average molecular weight is 198 g/mol. The van der Waals surface area contributed by atoms with Gasteiger partial charge in [-0.15, -0.1) is 0 Å². The van der Waals surface area contributed by atoms with Crippen molar-refractivity contribution in [2.75, 3.05) is 13.2 Å².